The molecule has 2 aliphatic rings. The molecular weight excluding hydrogens is 239 g/mol. The van der Waals surface area contributed by atoms with E-state index < -0.39 is 0 Å². The second-order valence-electron chi connectivity index (χ2n) is 2.72. The predicted octanol–water partition coefficient (Wildman–Crippen LogP) is -3.24. The van der Waals surface area contributed by atoms with Crippen molar-refractivity contribution >= 4 is 0 Å². The smallest absolute Gasteiger partial charge is 1.00 e. The van der Waals surface area contributed by atoms with Gasteiger partial charge in [-0.1, -0.05) is 0 Å². The van der Waals surface area contributed by atoms with E-state index in [1.807, 2.05) is 0 Å². The number of rotatable bonds is 2. The molecule has 0 aromatic heterocycles. The molecule has 2 aliphatic carbocycles. The number of allylic oxidation sites excluding steroid dienone is 8. The van der Waals surface area contributed by atoms with Gasteiger partial charge in [0, 0.05) is 0 Å². The van der Waals surface area contributed by atoms with Crippen molar-refractivity contribution in [3.05, 3.63) is 44.2 Å². The average Bonchev–Trinajstić information content (AvgIpc) is 2.60. The molecule has 68 valence electrons. The standard InChI is InChI=1S/2C5H5.2ClH.Ti/c2*1-2-4-5-3-1;;;/h2*1-2,5H,3H2;2*1H;/q;;;;+2/p-2. The van der Waals surface area contributed by atoms with Crippen molar-refractivity contribution in [2.75, 3.05) is 0 Å². The van der Waals surface area contributed by atoms with E-state index >= 15 is 0 Å². The van der Waals surface area contributed by atoms with Crippen LogP contribution in [0.3, 0.4) is 0 Å². The van der Waals surface area contributed by atoms with E-state index in [4.69, 9.17) is 0 Å². The molecule has 13 heavy (non-hydrogen) atoms. The van der Waals surface area contributed by atoms with E-state index in [-0.39, 0.29) is 44.0 Å². The van der Waals surface area contributed by atoms with Crippen molar-refractivity contribution in [2.45, 2.75) is 12.8 Å². The minimum Gasteiger partial charge on any atom is -1.00 e. The second-order valence-corrected chi connectivity index (χ2v) is 4.91. The van der Waals surface area contributed by atoms with E-state index in [0.717, 1.165) is 12.8 Å². The molecule has 0 saturated heterocycles. The molecule has 0 aliphatic heterocycles. The minimum atomic E-state index is 0. The Morgan fingerprint density at radius 3 is 1.62 bits per heavy atom. The van der Waals surface area contributed by atoms with Crippen molar-refractivity contribution in [2.24, 2.45) is 0 Å². The second kappa shape index (κ2) is 6.67. The zero-order chi connectivity index (χ0) is 7.52. The normalized spacial score (nSPS) is 16.9. The van der Waals surface area contributed by atoms with Gasteiger partial charge in [0.15, 0.2) is 0 Å². The molecule has 0 radical (unpaired) electrons. The number of halogens is 2. The molecule has 0 aromatic carbocycles. The van der Waals surface area contributed by atoms with Crippen LogP contribution >= 0.6 is 0 Å². The summed E-state index contributed by atoms with van der Waals surface area (Å²) in [5.41, 5.74) is 0. The third-order valence-electron chi connectivity index (χ3n) is 1.83. The summed E-state index contributed by atoms with van der Waals surface area (Å²) in [6.45, 7) is 0. The predicted molar refractivity (Wildman–Crippen MR) is 43.7 cm³/mol. The molecule has 2 rings (SSSR count). The third kappa shape index (κ3) is 3.87. The molecule has 0 aromatic rings. The Bertz CT molecular complexity index is 247. The van der Waals surface area contributed by atoms with Gasteiger partial charge in [-0.15, -0.1) is 0 Å². The summed E-state index contributed by atoms with van der Waals surface area (Å²) < 4.78 is 3.20. The van der Waals surface area contributed by atoms with Gasteiger partial charge in [-0.05, 0) is 0 Å². The van der Waals surface area contributed by atoms with Crippen LogP contribution in [-0.4, -0.2) is 0 Å². The van der Waals surface area contributed by atoms with E-state index in [1.54, 1.807) is 7.76 Å². The maximum atomic E-state index is 2.35. The Morgan fingerprint density at radius 2 is 1.31 bits per heavy atom. The minimum absolute atomic E-state index is 0. The summed E-state index contributed by atoms with van der Waals surface area (Å²) in [5, 5.41) is 0. The van der Waals surface area contributed by atoms with Crippen LogP contribution in [-0.2, 0) is 19.2 Å². The Morgan fingerprint density at radius 1 is 0.846 bits per heavy atom. The number of hydrogen-bond acceptors (Lipinski definition) is 0. The maximum absolute atomic E-state index is 2.35. The first-order valence-corrected chi connectivity index (χ1v) is 5.52. The molecule has 0 heterocycles. The summed E-state index contributed by atoms with van der Waals surface area (Å²) in [6.07, 6.45) is 16.1. The first kappa shape index (κ1) is 13.3. The summed E-state index contributed by atoms with van der Waals surface area (Å²) in [5.74, 6) is 0. The SMILES string of the molecule is C1=C[C]([Ti+2][C]2=CCC=C2)=CC1.[Cl-].[Cl-]. The molecule has 0 fully saturated rings. The van der Waals surface area contributed by atoms with Crippen molar-refractivity contribution in [3.63, 3.8) is 0 Å². The molecule has 0 amide bonds. The Hall–Kier alpha value is 0.254. The van der Waals surface area contributed by atoms with Gasteiger partial charge in [-0.25, -0.2) is 0 Å². The first-order chi connectivity index (χ1) is 5.45. The average molecular weight is 249 g/mol. The molecule has 0 saturated carbocycles. The van der Waals surface area contributed by atoms with Gasteiger partial charge in [0.2, 0.25) is 0 Å². The van der Waals surface area contributed by atoms with Crippen molar-refractivity contribution in [1.82, 2.24) is 0 Å². The molecule has 3 heteroatoms. The Balaban J connectivity index is 0.000000720. The largest absolute Gasteiger partial charge is 1.00 e. The maximum Gasteiger partial charge on any atom is -1.00 e. The molecule has 0 nitrogen and oxygen atoms in total. The van der Waals surface area contributed by atoms with Gasteiger partial charge in [-0.3, -0.25) is 0 Å². The first-order valence-electron chi connectivity index (χ1n) is 3.95. The molecular formula is C10H10Cl2Ti. The fourth-order valence-electron chi connectivity index (χ4n) is 1.27. The fraction of sp³-hybridized carbons (Fsp3) is 0.200. The van der Waals surface area contributed by atoms with Gasteiger partial charge in [0.1, 0.15) is 0 Å². The van der Waals surface area contributed by atoms with E-state index in [1.165, 1.54) is 0 Å². The van der Waals surface area contributed by atoms with Crippen molar-refractivity contribution < 1.29 is 44.0 Å². The Kier molecular flexibility index (Phi) is 6.80. The summed E-state index contributed by atoms with van der Waals surface area (Å²) in [7, 11) is 0. The quantitative estimate of drug-likeness (QED) is 0.451. The zero-order valence-corrected chi connectivity index (χ0v) is 10.2. The third-order valence-corrected chi connectivity index (χ3v) is 3.89. The molecule has 0 unspecified atom stereocenters. The van der Waals surface area contributed by atoms with Crippen LogP contribution in [0, 0.1) is 0 Å². The Labute approximate surface area is 101 Å². The van der Waals surface area contributed by atoms with Gasteiger partial charge >= 0.3 is 76.2 Å². The van der Waals surface area contributed by atoms with Crippen LogP contribution in [0.1, 0.15) is 12.8 Å². The monoisotopic (exact) mass is 248 g/mol. The van der Waals surface area contributed by atoms with Crippen LogP contribution < -0.4 is 24.8 Å². The van der Waals surface area contributed by atoms with Crippen molar-refractivity contribution in [3.8, 4) is 0 Å². The van der Waals surface area contributed by atoms with E-state index in [0.29, 0.717) is 0 Å². The number of hydrogen-bond donors (Lipinski definition) is 0. The van der Waals surface area contributed by atoms with Crippen LogP contribution in [0.15, 0.2) is 44.2 Å². The van der Waals surface area contributed by atoms with Crippen LogP contribution in [0.25, 0.3) is 0 Å². The molecule has 0 bridgehead atoms. The topological polar surface area (TPSA) is 0 Å². The summed E-state index contributed by atoms with van der Waals surface area (Å²) >= 11 is 0.0347. The van der Waals surface area contributed by atoms with Gasteiger partial charge in [0.25, 0.3) is 0 Å². The fourth-order valence-corrected chi connectivity index (χ4v) is 3.10. The molecule has 0 atom stereocenters. The van der Waals surface area contributed by atoms with Gasteiger partial charge in [0.05, 0.1) is 0 Å². The van der Waals surface area contributed by atoms with Crippen LogP contribution in [0.4, 0.5) is 0 Å². The van der Waals surface area contributed by atoms with Crippen LogP contribution in [0.2, 0.25) is 0 Å². The summed E-state index contributed by atoms with van der Waals surface area (Å²) in [4.78, 5) is 0. The van der Waals surface area contributed by atoms with Gasteiger partial charge in [-0.2, -0.15) is 0 Å². The molecule has 0 spiro atoms. The van der Waals surface area contributed by atoms with E-state index in [2.05, 4.69) is 36.5 Å². The van der Waals surface area contributed by atoms with E-state index in [9.17, 15) is 0 Å². The van der Waals surface area contributed by atoms with Gasteiger partial charge < -0.3 is 24.8 Å². The zero-order valence-electron chi connectivity index (χ0n) is 7.13. The molecule has 0 N–H and O–H groups in total. The van der Waals surface area contributed by atoms with Crippen LogP contribution in [0.5, 0.6) is 0 Å². The summed E-state index contributed by atoms with van der Waals surface area (Å²) in [6, 6.07) is 0. The van der Waals surface area contributed by atoms with Crippen molar-refractivity contribution in [1.29, 1.82) is 0 Å².